The summed E-state index contributed by atoms with van der Waals surface area (Å²) in [5.74, 6) is 0. The van der Waals surface area contributed by atoms with Gasteiger partial charge in [0.05, 0.1) is 30.2 Å². The van der Waals surface area contributed by atoms with Gasteiger partial charge in [-0.1, -0.05) is 121 Å². The van der Waals surface area contributed by atoms with E-state index in [9.17, 15) is 8.22 Å². The van der Waals surface area contributed by atoms with Crippen LogP contribution in [0.1, 0.15) is 30.2 Å². The van der Waals surface area contributed by atoms with Crippen molar-refractivity contribution in [1.82, 2.24) is 0 Å². The van der Waals surface area contributed by atoms with Crippen molar-refractivity contribution in [1.29, 1.82) is 0 Å². The lowest BCUT2D eigenvalue weighted by Gasteiger charge is -2.19. The second-order valence-corrected chi connectivity index (χ2v) is 8.00. The smallest absolute Gasteiger partial charge is 0.0616 e. The SMILES string of the molecule is [2H]c1c([2H])c([2H])c2c([2H])c3c(c([2H])c([2H])c4c([2H])c([2H])c([2H])c([2H])c43)c(-c3c4c([2H])c([2H])c([2H])c([2H])c4c([2H])c4c3c([2H])c([2H])c3c([2H])c([2H])c([2H])c([2H])c34)c2c1[2H]. The quantitative estimate of drug-likeness (QED) is 0.163. The highest BCUT2D eigenvalue weighted by atomic mass is 14.2. The Morgan fingerprint density at radius 1 is 0.278 bits per heavy atom. The first kappa shape index (κ1) is 7.91. The molecule has 0 amide bonds. The van der Waals surface area contributed by atoms with E-state index >= 15 is 0 Å². The van der Waals surface area contributed by atoms with Crippen molar-refractivity contribution in [3.63, 3.8) is 0 Å². The molecule has 8 aromatic rings. The van der Waals surface area contributed by atoms with Crippen molar-refractivity contribution in [3.8, 4) is 11.1 Å². The zero-order chi connectivity index (χ0) is 42.8. The maximum Gasteiger partial charge on any atom is 0.0636 e. The van der Waals surface area contributed by atoms with E-state index < -0.39 is 209 Å². The highest BCUT2D eigenvalue weighted by Crippen LogP contribution is 2.46. The lowest BCUT2D eigenvalue weighted by Crippen LogP contribution is -1.91. The molecular formula is C36H22. The average molecular weight is 477 g/mol. The Hall–Kier alpha value is -4.68. The van der Waals surface area contributed by atoms with E-state index in [0.29, 0.717) is 0 Å². The van der Waals surface area contributed by atoms with Crippen molar-refractivity contribution >= 4 is 64.6 Å². The van der Waals surface area contributed by atoms with Crippen LogP contribution in [0.3, 0.4) is 0 Å². The van der Waals surface area contributed by atoms with Crippen molar-refractivity contribution in [2.45, 2.75) is 0 Å². The van der Waals surface area contributed by atoms with Gasteiger partial charge in [-0.05, 0) is 87.8 Å². The fraction of sp³-hybridized carbons (Fsp3) is 0. The first-order chi connectivity index (χ1) is 27.0. The van der Waals surface area contributed by atoms with Gasteiger partial charge in [0.1, 0.15) is 0 Å². The molecule has 36 heavy (non-hydrogen) atoms. The number of hydrogen-bond donors (Lipinski definition) is 0. The van der Waals surface area contributed by atoms with Gasteiger partial charge in [0.2, 0.25) is 0 Å². The minimum Gasteiger partial charge on any atom is -0.0616 e. The topological polar surface area (TPSA) is 0 Å². The summed E-state index contributed by atoms with van der Waals surface area (Å²) in [6, 6.07) is -18.0. The first-order valence-corrected chi connectivity index (χ1v) is 10.8. The minimum atomic E-state index is -0.877. The van der Waals surface area contributed by atoms with E-state index in [1.165, 1.54) is 0 Å². The Labute approximate surface area is 239 Å². The number of rotatable bonds is 1. The molecule has 0 fully saturated rings. The molecule has 0 saturated carbocycles. The van der Waals surface area contributed by atoms with Crippen LogP contribution in [-0.4, -0.2) is 0 Å². The molecule has 0 N–H and O–H groups in total. The summed E-state index contributed by atoms with van der Waals surface area (Å²) in [6.07, 6.45) is 0. The predicted molar refractivity (Wildman–Crippen MR) is 157 cm³/mol. The maximum atomic E-state index is 9.47. The summed E-state index contributed by atoms with van der Waals surface area (Å²) in [4.78, 5) is 0. The van der Waals surface area contributed by atoms with Gasteiger partial charge in [-0.3, -0.25) is 0 Å². The molecule has 8 rings (SSSR count). The fourth-order valence-corrected chi connectivity index (χ4v) is 4.62. The van der Waals surface area contributed by atoms with E-state index in [-0.39, 0.29) is 0 Å². The van der Waals surface area contributed by atoms with Crippen LogP contribution in [-0.2, 0) is 0 Å². The highest BCUT2D eigenvalue weighted by molar-refractivity contribution is 6.28. The van der Waals surface area contributed by atoms with Gasteiger partial charge >= 0.3 is 0 Å². The molecule has 0 spiro atoms. The molecule has 0 heteroatoms. The second kappa shape index (κ2) is 7.41. The normalized spacial score (nSPS) is 20.4. The average Bonchev–Trinajstić information content (AvgIpc) is 3.19. The molecule has 8 aromatic carbocycles. The third-order valence-corrected chi connectivity index (χ3v) is 6.12. The van der Waals surface area contributed by atoms with Crippen LogP contribution in [0.15, 0.2) is 133 Å². The first-order valence-electron chi connectivity index (χ1n) is 21.8. The van der Waals surface area contributed by atoms with Crippen LogP contribution < -0.4 is 0 Å². The molecule has 0 aliphatic carbocycles. The number of fused-ring (bicyclic) bond motifs is 8. The maximum absolute atomic E-state index is 9.47. The Morgan fingerprint density at radius 3 is 1.08 bits per heavy atom. The third-order valence-electron chi connectivity index (χ3n) is 6.12. The van der Waals surface area contributed by atoms with Crippen molar-refractivity contribution < 1.29 is 30.2 Å². The Balaban J connectivity index is 1.92. The summed E-state index contributed by atoms with van der Waals surface area (Å²) < 4.78 is 196. The Morgan fingerprint density at radius 2 is 0.639 bits per heavy atom. The number of benzene rings is 8. The van der Waals surface area contributed by atoms with Gasteiger partial charge in [0.15, 0.2) is 0 Å². The van der Waals surface area contributed by atoms with E-state index in [2.05, 4.69) is 0 Å². The van der Waals surface area contributed by atoms with Crippen LogP contribution in [0.25, 0.3) is 75.8 Å². The summed E-state index contributed by atoms with van der Waals surface area (Å²) in [6.45, 7) is 0. The molecule has 0 unspecified atom stereocenters. The fourth-order valence-electron chi connectivity index (χ4n) is 4.62. The summed E-state index contributed by atoms with van der Waals surface area (Å²) in [5.41, 5.74) is -1.15. The van der Waals surface area contributed by atoms with Crippen LogP contribution in [0, 0.1) is 0 Å². The molecule has 0 radical (unpaired) electrons. The van der Waals surface area contributed by atoms with Crippen LogP contribution >= 0.6 is 0 Å². The second-order valence-electron chi connectivity index (χ2n) is 8.00. The van der Waals surface area contributed by atoms with Crippen molar-refractivity contribution in [2.24, 2.45) is 0 Å². The Kier molecular flexibility index (Phi) is 1.63. The summed E-state index contributed by atoms with van der Waals surface area (Å²) in [5, 5.41) is -6.54. The molecule has 0 saturated heterocycles. The van der Waals surface area contributed by atoms with Gasteiger partial charge in [-0.15, -0.1) is 0 Å². The lowest BCUT2D eigenvalue weighted by atomic mass is 9.84. The van der Waals surface area contributed by atoms with E-state index in [0.717, 1.165) is 0 Å². The third kappa shape index (κ3) is 2.70. The predicted octanol–water partition coefficient (Wildman–Crippen LogP) is 10.3. The van der Waals surface area contributed by atoms with Gasteiger partial charge in [-0.2, -0.15) is 0 Å². The van der Waals surface area contributed by atoms with Crippen LogP contribution in [0.4, 0.5) is 0 Å². The van der Waals surface area contributed by atoms with E-state index in [1.807, 2.05) is 0 Å². The minimum absolute atomic E-state index is 0.498. The largest absolute Gasteiger partial charge is 0.0636 e. The Bertz CT molecular complexity index is 3130. The van der Waals surface area contributed by atoms with Gasteiger partial charge in [0, 0.05) is 0 Å². The molecule has 0 bridgehead atoms. The molecule has 0 heterocycles. The standard InChI is InChI=1S/C36H22/c1-5-13-27-23(9-1)17-19-31-33(27)21-25-11-3-7-15-29(25)35(31)36-30-16-8-4-12-26(30)22-34-28-14-6-2-10-24(28)18-20-32(34)36/h1-22H/i1D,2D,3D,4D,5D,6D,7D,8D,9D,10D,11D,12D,13D,14D,15D,16D,17D,18D,19D,20D,21D,22D. The van der Waals surface area contributed by atoms with Gasteiger partial charge in [-0.25, -0.2) is 0 Å². The van der Waals surface area contributed by atoms with E-state index in [1.54, 1.807) is 0 Å². The molecule has 0 aromatic heterocycles. The van der Waals surface area contributed by atoms with E-state index in [4.69, 9.17) is 21.9 Å². The summed E-state index contributed by atoms with van der Waals surface area (Å²) in [7, 11) is 0. The highest BCUT2D eigenvalue weighted by Gasteiger charge is 2.18. The van der Waals surface area contributed by atoms with Crippen LogP contribution in [0.5, 0.6) is 0 Å². The van der Waals surface area contributed by atoms with Gasteiger partial charge < -0.3 is 0 Å². The molecule has 0 atom stereocenters. The molecule has 0 nitrogen and oxygen atoms in total. The van der Waals surface area contributed by atoms with Crippen molar-refractivity contribution in [3.05, 3.63) is 133 Å². The zero-order valence-electron chi connectivity index (χ0n) is 40.0. The summed E-state index contributed by atoms with van der Waals surface area (Å²) >= 11 is 0. The zero-order valence-corrected chi connectivity index (χ0v) is 18.0. The molecule has 0 aliphatic rings. The van der Waals surface area contributed by atoms with Gasteiger partial charge in [0.25, 0.3) is 0 Å². The molecule has 166 valence electrons. The van der Waals surface area contributed by atoms with Crippen LogP contribution in [0.2, 0.25) is 0 Å². The molecular weight excluding hydrogens is 432 g/mol. The monoisotopic (exact) mass is 476 g/mol. The van der Waals surface area contributed by atoms with Crippen molar-refractivity contribution in [2.75, 3.05) is 0 Å². The molecule has 0 aliphatic heterocycles. The number of hydrogen-bond acceptors (Lipinski definition) is 0. The lowest BCUT2D eigenvalue weighted by molar-refractivity contribution is 1.74.